The number of carboxylic acids is 1. The molecule has 0 amide bonds. The predicted octanol–water partition coefficient (Wildman–Crippen LogP) is 11.3. The van der Waals surface area contributed by atoms with Crippen LogP contribution < -0.4 is 47.4 Å². The van der Waals surface area contributed by atoms with Crippen LogP contribution in [0.2, 0.25) is 0 Å². The summed E-state index contributed by atoms with van der Waals surface area (Å²) in [4.78, 5) is 19.7. The van der Waals surface area contributed by atoms with E-state index in [1.165, 1.54) is 61.9 Å². The summed E-state index contributed by atoms with van der Waals surface area (Å²) in [5.74, 6) is 4.44. The Labute approximate surface area is 400 Å². The fourth-order valence-corrected chi connectivity index (χ4v) is 15.4. The van der Waals surface area contributed by atoms with Crippen molar-refractivity contribution in [2.45, 2.75) is 13.5 Å². The zero-order valence-electron chi connectivity index (χ0n) is 35.3. The van der Waals surface area contributed by atoms with Gasteiger partial charge >= 0.3 is 5.97 Å². The monoisotopic (exact) mass is 990 g/mol. The van der Waals surface area contributed by atoms with E-state index in [1.54, 1.807) is 28.7 Å². The maximum atomic E-state index is 11.9. The predicted molar refractivity (Wildman–Crippen MR) is 258 cm³/mol. The molecule has 0 radical (unpaired) electrons. The lowest BCUT2D eigenvalue weighted by Crippen LogP contribution is -2.16. The highest BCUT2D eigenvalue weighted by atomic mass is 32.1. The molecular weight excluding hydrogens is 957 g/mol. The first-order chi connectivity index (χ1) is 33.0. The average molecular weight is 991 g/mol. The summed E-state index contributed by atoms with van der Waals surface area (Å²) in [6, 6.07) is 16.9. The van der Waals surface area contributed by atoms with E-state index in [0.717, 1.165) is 52.0 Å². The Kier molecular flexibility index (Phi) is 9.75. The van der Waals surface area contributed by atoms with Crippen molar-refractivity contribution >= 4 is 90.5 Å². The summed E-state index contributed by atoms with van der Waals surface area (Å²) in [5.41, 5.74) is 3.01. The topological polar surface area (TPSA) is 158 Å². The van der Waals surface area contributed by atoms with Gasteiger partial charge in [-0.2, -0.15) is 5.26 Å². The highest BCUT2D eigenvalue weighted by molar-refractivity contribution is 7.31. The highest BCUT2D eigenvalue weighted by Crippen LogP contribution is 2.67. The molecule has 1 N–H and O–H groups in total. The summed E-state index contributed by atoms with van der Waals surface area (Å²) >= 11 is 7.40. The molecule has 11 heterocycles. The number of nitrogens with zero attached hydrogens (tertiary/aromatic N) is 2. The lowest BCUT2D eigenvalue weighted by molar-refractivity contribution is -0.132. The van der Waals surface area contributed by atoms with Crippen LogP contribution in [0, 0.1) is 11.3 Å². The zero-order valence-corrected chi connectivity index (χ0v) is 39.4. The van der Waals surface area contributed by atoms with Gasteiger partial charge in [-0.3, -0.25) is 0 Å². The second-order valence-corrected chi connectivity index (χ2v) is 20.7. The Morgan fingerprint density at radius 3 is 1.34 bits per heavy atom. The maximum Gasteiger partial charge on any atom is 0.346 e. The number of carboxylic acid groups (broad SMARTS) is 1. The Morgan fingerprint density at radius 1 is 0.537 bits per heavy atom. The minimum Gasteiger partial charge on any atom is -0.485 e. The summed E-state index contributed by atoms with van der Waals surface area (Å²) in [6.07, 6.45) is 1.31. The third-order valence-electron chi connectivity index (χ3n) is 11.8. The second-order valence-electron chi connectivity index (χ2n) is 15.6. The summed E-state index contributed by atoms with van der Waals surface area (Å²) in [7, 11) is 0. The Bertz CT molecular complexity index is 3450. The molecule has 67 heavy (non-hydrogen) atoms. The normalized spacial score (nSPS) is 15.8. The van der Waals surface area contributed by atoms with Gasteiger partial charge in [0.15, 0.2) is 57.5 Å². The quantitative estimate of drug-likeness (QED) is 0.113. The molecule has 0 saturated heterocycles. The highest BCUT2D eigenvalue weighted by Gasteiger charge is 2.40. The first-order valence-electron chi connectivity index (χ1n) is 21.5. The van der Waals surface area contributed by atoms with E-state index in [1.807, 2.05) is 0 Å². The third-order valence-corrected chi connectivity index (χ3v) is 18.2. The lowest BCUT2D eigenvalue weighted by Gasteiger charge is -2.19. The van der Waals surface area contributed by atoms with Gasteiger partial charge in [-0.25, -0.2) is 4.79 Å². The van der Waals surface area contributed by atoms with Crippen molar-refractivity contribution in [3.63, 3.8) is 0 Å². The van der Waals surface area contributed by atoms with Crippen LogP contribution >= 0.6 is 56.7 Å². The van der Waals surface area contributed by atoms with Crippen molar-refractivity contribution in [1.29, 1.82) is 5.26 Å². The maximum absolute atomic E-state index is 11.9. The molecule has 0 aliphatic carbocycles. The molecule has 13 rings (SSSR count). The summed E-state index contributed by atoms with van der Waals surface area (Å²) < 4.78 is 66.2. The van der Waals surface area contributed by atoms with E-state index in [-0.39, 0.29) is 6.61 Å². The van der Waals surface area contributed by atoms with Crippen molar-refractivity contribution in [2.24, 2.45) is 0 Å². The Balaban J connectivity index is 0.953. The van der Waals surface area contributed by atoms with Crippen LogP contribution in [0.5, 0.6) is 57.5 Å². The molecule has 2 aromatic carbocycles. The molecule has 14 nitrogen and oxygen atoms in total. The van der Waals surface area contributed by atoms with Crippen LogP contribution in [0.25, 0.3) is 77.3 Å². The minimum absolute atomic E-state index is 0.274. The van der Waals surface area contributed by atoms with Gasteiger partial charge in [0.1, 0.15) is 77.7 Å². The van der Waals surface area contributed by atoms with Crippen molar-refractivity contribution in [1.82, 2.24) is 4.57 Å². The van der Waals surface area contributed by atoms with E-state index in [0.29, 0.717) is 126 Å². The van der Waals surface area contributed by atoms with Crippen LogP contribution in [0.4, 0.5) is 0 Å². The molecule has 0 unspecified atom stereocenters. The number of hydrogen-bond acceptors (Lipinski definition) is 17. The van der Waals surface area contributed by atoms with Crippen LogP contribution in [-0.2, 0) is 11.3 Å². The Morgan fingerprint density at radius 2 is 0.910 bits per heavy atom. The molecule has 5 aliphatic heterocycles. The van der Waals surface area contributed by atoms with Gasteiger partial charge in [0.2, 0.25) is 0 Å². The van der Waals surface area contributed by atoms with Gasteiger partial charge in [0.05, 0.1) is 48.8 Å². The van der Waals surface area contributed by atoms with Crippen molar-refractivity contribution < 1.29 is 57.3 Å². The van der Waals surface area contributed by atoms with E-state index in [4.69, 9.17) is 47.4 Å². The fraction of sp³-hybridized carbons (Fsp3) is 0.250. The van der Waals surface area contributed by atoms with E-state index in [9.17, 15) is 15.2 Å². The number of fused-ring (bicyclic) bond motifs is 8. The number of carbonyl (C=O) groups is 1. The number of aliphatic carboxylic acids is 1. The van der Waals surface area contributed by atoms with Gasteiger partial charge < -0.3 is 57.0 Å². The van der Waals surface area contributed by atoms with E-state index >= 15 is 0 Å². The SMILES string of the molecule is CCn1c2ccccc2c2cc(-c3sc(-c4sc(-c5sc(-c6sc(-c7sc(/C=C(\C#N)C(=O)O)c8c7OCCO8)c7c6OCCO7)c6c5OCCO6)c5c4OCCO5)c4c3OCCO4)ccc21. The van der Waals surface area contributed by atoms with E-state index in [2.05, 4.69) is 54.0 Å². The van der Waals surface area contributed by atoms with Crippen LogP contribution in [0.15, 0.2) is 48.0 Å². The standard InChI is InChI=1S/C48H34N2O12S5/c1-2-50-26-6-4-3-5-24(26)25-19-22(7-8-27(25)50)39-31-32(56-12-11-55-31)42(64-39)43-35-36(60-16-15-59-35)46(66-43)47-38-37(61-17-18-62-38)45(67-47)44-34-33(57-13-14-58-34)41(65-44)40-30-29(53-9-10-54-30)28(63-40)20-23(21-49)48(51)52/h3-8,19-20H,2,9-18H2,1H3,(H,51,52)/b23-20+. The van der Waals surface area contributed by atoms with E-state index < -0.39 is 11.5 Å². The number of thiophene rings is 5. The fourth-order valence-electron chi connectivity index (χ4n) is 9.06. The smallest absolute Gasteiger partial charge is 0.346 e. The molecule has 6 aromatic heterocycles. The van der Waals surface area contributed by atoms with Gasteiger partial charge in [-0.15, -0.1) is 56.7 Å². The number of rotatable bonds is 8. The zero-order chi connectivity index (χ0) is 44.9. The molecule has 0 bridgehead atoms. The van der Waals surface area contributed by atoms with Crippen molar-refractivity contribution in [2.75, 3.05) is 66.1 Å². The van der Waals surface area contributed by atoms with Crippen molar-refractivity contribution in [3.05, 3.63) is 52.9 Å². The number of aryl methyl sites for hydroxylation is 1. The number of hydrogen-bond donors (Lipinski definition) is 1. The molecular formula is C48H34N2O12S5. The largest absolute Gasteiger partial charge is 0.485 e. The van der Waals surface area contributed by atoms with Gasteiger partial charge in [0.25, 0.3) is 0 Å². The number of aromatic nitrogens is 1. The number of benzene rings is 2. The number of para-hydroxylation sites is 1. The van der Waals surface area contributed by atoms with Gasteiger partial charge in [-0.05, 0) is 36.8 Å². The van der Waals surface area contributed by atoms with Crippen LogP contribution in [0.1, 0.15) is 11.8 Å². The minimum atomic E-state index is -1.33. The number of ether oxygens (including phenoxy) is 10. The van der Waals surface area contributed by atoms with Crippen LogP contribution in [0.3, 0.4) is 0 Å². The Hall–Kier alpha value is -6.56. The first kappa shape index (κ1) is 40.7. The van der Waals surface area contributed by atoms with Gasteiger partial charge in [-0.1, -0.05) is 24.3 Å². The summed E-state index contributed by atoms with van der Waals surface area (Å²) in [5, 5.41) is 21.6. The molecule has 19 heteroatoms. The summed E-state index contributed by atoms with van der Waals surface area (Å²) in [6.45, 7) is 6.56. The third kappa shape index (κ3) is 6.30. The molecule has 0 saturated carbocycles. The second kappa shape index (κ2) is 16.1. The van der Waals surface area contributed by atoms with Gasteiger partial charge in [0, 0.05) is 28.4 Å². The molecule has 0 fully saturated rings. The molecule has 338 valence electrons. The molecule has 0 spiro atoms. The molecule has 0 atom stereocenters. The first-order valence-corrected chi connectivity index (χ1v) is 25.6. The average Bonchev–Trinajstić information content (AvgIpc) is 4.23. The van der Waals surface area contributed by atoms with Crippen molar-refractivity contribution in [3.8, 4) is 113 Å². The number of nitriles is 1. The molecule has 5 aliphatic rings. The molecule has 8 aromatic rings. The lowest BCUT2D eigenvalue weighted by atomic mass is 10.1. The van der Waals surface area contributed by atoms with Crippen LogP contribution in [-0.4, -0.2) is 81.7 Å².